The van der Waals surface area contributed by atoms with Gasteiger partial charge in [0, 0.05) is 43.7 Å². The zero-order valence-corrected chi connectivity index (χ0v) is 33.0. The molecule has 13 aromatic rings. The number of hydrogen-bond donors (Lipinski definition) is 0. The summed E-state index contributed by atoms with van der Waals surface area (Å²) in [7, 11) is 0. The zero-order valence-electron chi connectivity index (χ0n) is 33.0. The third-order valence-corrected chi connectivity index (χ3v) is 12.6. The van der Waals surface area contributed by atoms with Crippen LogP contribution in [0.25, 0.3) is 127 Å². The molecule has 284 valence electrons. The smallest absolute Gasteiger partial charge is 0.178 e. The zero-order chi connectivity index (χ0) is 40.0. The maximum Gasteiger partial charge on any atom is 0.178 e. The second kappa shape index (κ2) is 13.2. The van der Waals surface area contributed by atoms with Gasteiger partial charge in [0.05, 0.1) is 11.0 Å². The minimum Gasteiger partial charge on any atom is -0.452 e. The molecule has 61 heavy (non-hydrogen) atoms. The number of fused-ring (bicyclic) bond motifs is 10. The molecule has 3 aromatic heterocycles. The third kappa shape index (κ3) is 5.04. The van der Waals surface area contributed by atoms with Gasteiger partial charge in [0.25, 0.3) is 0 Å². The first-order valence-electron chi connectivity index (χ1n) is 20.8. The second-order valence-corrected chi connectivity index (χ2v) is 15.9. The molecule has 3 heteroatoms. The van der Waals surface area contributed by atoms with E-state index in [9.17, 15) is 0 Å². The summed E-state index contributed by atoms with van der Waals surface area (Å²) in [6, 6.07) is 76.1. The number of para-hydroxylation sites is 2. The number of nitrogens with zero attached hydrogens (tertiary/aromatic N) is 1. The van der Waals surface area contributed by atoms with E-state index >= 15 is 0 Å². The Kier molecular flexibility index (Phi) is 7.31. The van der Waals surface area contributed by atoms with E-state index in [2.05, 4.69) is 211 Å². The molecule has 0 saturated carbocycles. The highest BCUT2D eigenvalue weighted by molar-refractivity contribution is 6.24. The minimum atomic E-state index is 0.761. The first-order valence-corrected chi connectivity index (χ1v) is 20.8. The number of benzene rings is 10. The first kappa shape index (κ1) is 33.8. The summed E-state index contributed by atoms with van der Waals surface area (Å²) >= 11 is 0. The molecule has 3 heterocycles. The molecule has 0 amide bonds. The van der Waals surface area contributed by atoms with Crippen molar-refractivity contribution in [3.8, 4) is 50.4 Å². The van der Waals surface area contributed by atoms with E-state index in [0.29, 0.717) is 0 Å². The highest BCUT2D eigenvalue weighted by atomic mass is 16.4. The Hall–Kier alpha value is -8.14. The van der Waals surface area contributed by atoms with Gasteiger partial charge in [-0.3, -0.25) is 0 Å². The van der Waals surface area contributed by atoms with Gasteiger partial charge in [-0.1, -0.05) is 164 Å². The van der Waals surface area contributed by atoms with Gasteiger partial charge in [-0.25, -0.2) is 0 Å². The quantitative estimate of drug-likeness (QED) is 0.163. The lowest BCUT2D eigenvalue weighted by molar-refractivity contribution is 0.612. The van der Waals surface area contributed by atoms with Gasteiger partial charge >= 0.3 is 0 Å². The summed E-state index contributed by atoms with van der Waals surface area (Å²) < 4.78 is 16.0. The van der Waals surface area contributed by atoms with Crippen LogP contribution in [0.2, 0.25) is 0 Å². The maximum atomic E-state index is 6.85. The molecule has 0 atom stereocenters. The summed E-state index contributed by atoms with van der Waals surface area (Å²) in [5.41, 5.74) is 13.9. The van der Waals surface area contributed by atoms with E-state index < -0.39 is 0 Å². The number of hydrogen-bond acceptors (Lipinski definition) is 2. The summed E-state index contributed by atoms with van der Waals surface area (Å²) in [6.07, 6.45) is 0. The monoisotopic (exact) mass is 777 g/mol. The van der Waals surface area contributed by atoms with Gasteiger partial charge in [0.15, 0.2) is 11.2 Å². The SMILES string of the molecule is c1ccc(-c2oc3c(ccc4c5cc(-c6c7ccccc7c(-c7ccc8c9ccccc9n(-c9ccccc9)c8c7)c7ccccc67)ccc5oc43)c2-c2ccccc2)cc1. The Morgan fingerprint density at radius 3 is 1.44 bits per heavy atom. The molecule has 0 N–H and O–H groups in total. The van der Waals surface area contributed by atoms with Crippen LogP contribution in [0.4, 0.5) is 0 Å². The van der Waals surface area contributed by atoms with Crippen LogP contribution in [0.1, 0.15) is 0 Å². The lowest BCUT2D eigenvalue weighted by Gasteiger charge is -2.18. The molecule has 3 nitrogen and oxygen atoms in total. The van der Waals surface area contributed by atoms with Crippen LogP contribution in [-0.4, -0.2) is 4.57 Å². The minimum absolute atomic E-state index is 0.761. The average molecular weight is 778 g/mol. The summed E-state index contributed by atoms with van der Waals surface area (Å²) in [5, 5.41) is 10.5. The second-order valence-electron chi connectivity index (χ2n) is 15.9. The molecule has 0 radical (unpaired) electrons. The van der Waals surface area contributed by atoms with Crippen molar-refractivity contribution in [3.63, 3.8) is 0 Å². The molecule has 0 spiro atoms. The van der Waals surface area contributed by atoms with Crippen molar-refractivity contribution >= 4 is 76.3 Å². The van der Waals surface area contributed by atoms with Crippen LogP contribution in [0.5, 0.6) is 0 Å². The van der Waals surface area contributed by atoms with Crippen molar-refractivity contribution < 1.29 is 8.83 Å². The fourth-order valence-corrected chi connectivity index (χ4v) is 9.96. The molecular formula is C58H35NO2. The van der Waals surface area contributed by atoms with Crippen molar-refractivity contribution in [2.45, 2.75) is 0 Å². The van der Waals surface area contributed by atoms with Gasteiger partial charge < -0.3 is 13.4 Å². The van der Waals surface area contributed by atoms with Crippen molar-refractivity contribution in [1.82, 2.24) is 4.57 Å². The van der Waals surface area contributed by atoms with E-state index in [0.717, 1.165) is 66.6 Å². The van der Waals surface area contributed by atoms with Gasteiger partial charge in [0.1, 0.15) is 11.3 Å². The Morgan fingerprint density at radius 2 is 0.770 bits per heavy atom. The first-order chi connectivity index (χ1) is 30.3. The molecule has 0 unspecified atom stereocenters. The normalized spacial score (nSPS) is 11.9. The fourth-order valence-electron chi connectivity index (χ4n) is 9.96. The van der Waals surface area contributed by atoms with Crippen LogP contribution in [-0.2, 0) is 0 Å². The van der Waals surface area contributed by atoms with E-state index in [1.807, 2.05) is 6.07 Å². The lowest BCUT2D eigenvalue weighted by Crippen LogP contribution is -1.94. The highest BCUT2D eigenvalue weighted by Gasteiger charge is 2.24. The molecule has 0 bridgehead atoms. The van der Waals surface area contributed by atoms with Crippen molar-refractivity contribution in [2.24, 2.45) is 0 Å². The number of aromatic nitrogens is 1. The van der Waals surface area contributed by atoms with Gasteiger partial charge in [-0.15, -0.1) is 0 Å². The van der Waals surface area contributed by atoms with Gasteiger partial charge in [-0.2, -0.15) is 0 Å². The Balaban J connectivity index is 1.03. The van der Waals surface area contributed by atoms with Gasteiger partial charge in [0.2, 0.25) is 0 Å². The molecule has 0 saturated heterocycles. The largest absolute Gasteiger partial charge is 0.452 e. The Labute approximate surface area is 350 Å². The van der Waals surface area contributed by atoms with Gasteiger partial charge in [-0.05, 0) is 97.9 Å². The third-order valence-electron chi connectivity index (χ3n) is 12.6. The Bertz CT molecular complexity index is 3800. The predicted octanol–water partition coefficient (Wildman–Crippen LogP) is 16.4. The van der Waals surface area contributed by atoms with Crippen LogP contribution in [0.3, 0.4) is 0 Å². The van der Waals surface area contributed by atoms with Crippen molar-refractivity contribution in [2.75, 3.05) is 0 Å². The highest BCUT2D eigenvalue weighted by Crippen LogP contribution is 2.48. The molecule has 0 aliphatic rings. The standard InChI is InChI=1S/C58H35NO2/c1-4-16-36(17-5-1)55-48-32-31-47-49-34-38(29-33-52(49)60-57(47)58(48)61-56(55)37-18-6-2-7-19-37)53-43-23-10-12-25-45(43)54(46-26-13-11-24-44(46)53)39-28-30-42-41-22-14-15-27-50(41)59(51(42)35-39)40-20-8-3-9-21-40/h1-35H. The van der Waals surface area contributed by atoms with E-state index in [1.165, 1.54) is 60.0 Å². The summed E-state index contributed by atoms with van der Waals surface area (Å²) in [5.74, 6) is 0.842. The number of rotatable bonds is 5. The molecule has 10 aromatic carbocycles. The van der Waals surface area contributed by atoms with E-state index in [4.69, 9.17) is 8.83 Å². The fraction of sp³-hybridized carbons (Fsp3) is 0. The van der Waals surface area contributed by atoms with Crippen LogP contribution >= 0.6 is 0 Å². The summed E-state index contributed by atoms with van der Waals surface area (Å²) in [4.78, 5) is 0. The van der Waals surface area contributed by atoms with Crippen LogP contribution in [0.15, 0.2) is 221 Å². The van der Waals surface area contributed by atoms with Crippen LogP contribution < -0.4 is 0 Å². The number of furan rings is 2. The van der Waals surface area contributed by atoms with Crippen molar-refractivity contribution in [1.29, 1.82) is 0 Å². The van der Waals surface area contributed by atoms with E-state index in [-0.39, 0.29) is 0 Å². The summed E-state index contributed by atoms with van der Waals surface area (Å²) in [6.45, 7) is 0. The lowest BCUT2D eigenvalue weighted by atomic mass is 9.85. The average Bonchev–Trinajstić information content (AvgIpc) is 4.01. The predicted molar refractivity (Wildman–Crippen MR) is 255 cm³/mol. The van der Waals surface area contributed by atoms with E-state index in [1.54, 1.807) is 0 Å². The van der Waals surface area contributed by atoms with Crippen molar-refractivity contribution in [3.05, 3.63) is 212 Å². The Morgan fingerprint density at radius 1 is 0.279 bits per heavy atom. The maximum absolute atomic E-state index is 6.85. The topological polar surface area (TPSA) is 31.2 Å². The van der Waals surface area contributed by atoms with Crippen LogP contribution in [0, 0.1) is 0 Å². The molecular weight excluding hydrogens is 743 g/mol. The molecule has 0 aliphatic carbocycles. The molecule has 0 aliphatic heterocycles. The molecule has 0 fully saturated rings. The molecule has 13 rings (SSSR count).